The van der Waals surface area contributed by atoms with Gasteiger partial charge in [-0.1, -0.05) is 0 Å². The first-order valence-electron chi connectivity index (χ1n) is 9.88. The van der Waals surface area contributed by atoms with E-state index in [1.807, 2.05) is 23.1 Å². The van der Waals surface area contributed by atoms with Gasteiger partial charge in [0.25, 0.3) is 11.8 Å². The summed E-state index contributed by atoms with van der Waals surface area (Å²) in [5.41, 5.74) is 0.959. The lowest BCUT2D eigenvalue weighted by Gasteiger charge is -2.36. The van der Waals surface area contributed by atoms with E-state index in [0.29, 0.717) is 31.9 Å². The minimum absolute atomic E-state index is 0.0415. The number of rotatable bonds is 4. The van der Waals surface area contributed by atoms with Crippen LogP contribution >= 0.6 is 0 Å². The number of ether oxygens (including phenoxy) is 2. The fourth-order valence-electron chi connectivity index (χ4n) is 3.76. The van der Waals surface area contributed by atoms with Gasteiger partial charge < -0.3 is 23.7 Å². The summed E-state index contributed by atoms with van der Waals surface area (Å²) in [4.78, 5) is 42.3. The van der Waals surface area contributed by atoms with Crippen LogP contribution in [0.25, 0.3) is 0 Å². The molecule has 0 unspecified atom stereocenters. The molecule has 2 aromatic rings. The second-order valence-electron chi connectivity index (χ2n) is 7.33. The number of hydrogen-bond donors (Lipinski definition) is 1. The maximum absolute atomic E-state index is 12.8. The van der Waals surface area contributed by atoms with Crippen LogP contribution in [0, 0.1) is 0 Å². The van der Waals surface area contributed by atoms with Crippen molar-refractivity contribution in [3.8, 4) is 11.5 Å². The summed E-state index contributed by atoms with van der Waals surface area (Å²) in [5, 5.41) is 2.22. The van der Waals surface area contributed by atoms with E-state index in [1.54, 1.807) is 12.1 Å². The van der Waals surface area contributed by atoms with E-state index in [-0.39, 0.29) is 18.9 Å². The molecule has 3 aliphatic heterocycles. The van der Waals surface area contributed by atoms with Crippen molar-refractivity contribution in [3.63, 3.8) is 0 Å². The van der Waals surface area contributed by atoms with E-state index in [2.05, 4.69) is 10.2 Å². The fourth-order valence-corrected chi connectivity index (χ4v) is 3.76. The van der Waals surface area contributed by atoms with Gasteiger partial charge in [-0.2, -0.15) is 0 Å². The lowest BCUT2D eigenvalue weighted by Crippen LogP contribution is -2.54. The number of fused-ring (bicyclic) bond motifs is 1. The Morgan fingerprint density at radius 2 is 1.81 bits per heavy atom. The highest BCUT2D eigenvalue weighted by Gasteiger charge is 2.37. The number of anilines is 1. The van der Waals surface area contributed by atoms with Gasteiger partial charge in [-0.05, 0) is 24.3 Å². The van der Waals surface area contributed by atoms with Gasteiger partial charge in [-0.3, -0.25) is 19.8 Å². The predicted octanol–water partition coefficient (Wildman–Crippen LogP) is 1.29. The Morgan fingerprint density at radius 3 is 2.58 bits per heavy atom. The topological polar surface area (TPSA) is 105 Å². The van der Waals surface area contributed by atoms with Gasteiger partial charge in [0.2, 0.25) is 6.79 Å². The van der Waals surface area contributed by atoms with Crippen LogP contribution < -0.4 is 19.7 Å². The molecule has 1 aromatic heterocycles. The van der Waals surface area contributed by atoms with Crippen molar-refractivity contribution in [2.75, 3.05) is 37.9 Å². The highest BCUT2D eigenvalue weighted by atomic mass is 16.7. The van der Waals surface area contributed by atoms with Gasteiger partial charge in [0.1, 0.15) is 11.3 Å². The fraction of sp³-hybridized carbons (Fsp3) is 0.286. The van der Waals surface area contributed by atoms with Crippen molar-refractivity contribution in [1.29, 1.82) is 0 Å². The van der Waals surface area contributed by atoms with E-state index in [1.165, 1.54) is 12.5 Å². The third kappa shape index (κ3) is 3.67. The smallest absolute Gasteiger partial charge is 0.331 e. The van der Waals surface area contributed by atoms with Crippen LogP contribution in [0.4, 0.5) is 10.5 Å². The SMILES string of the molecule is O=C1NC(=O)N(Cc2ccco2)C(=O)/C1=C\N1CCN(c2ccc3c(c2)OCO3)CC1. The number of furan rings is 1. The average Bonchev–Trinajstić information content (AvgIpc) is 3.46. The first-order valence-corrected chi connectivity index (χ1v) is 9.88. The molecule has 2 fully saturated rings. The summed E-state index contributed by atoms with van der Waals surface area (Å²) in [5.74, 6) is 0.595. The molecule has 4 heterocycles. The number of benzene rings is 1. The molecule has 5 rings (SSSR count). The van der Waals surface area contributed by atoms with Gasteiger partial charge in [-0.15, -0.1) is 0 Å². The minimum atomic E-state index is -0.754. The number of urea groups is 1. The third-order valence-corrected chi connectivity index (χ3v) is 5.43. The second-order valence-corrected chi connectivity index (χ2v) is 7.33. The number of hydrogen-bond acceptors (Lipinski definition) is 8. The molecule has 0 spiro atoms. The molecule has 0 atom stereocenters. The number of imide groups is 2. The zero-order chi connectivity index (χ0) is 21.4. The standard InChI is InChI=1S/C21H20N4O6/c26-19-16(20(27)25(21(28)22-19)11-15-2-1-9-29-15)12-23-5-7-24(8-6-23)14-3-4-17-18(10-14)31-13-30-17/h1-4,9-10,12H,5-8,11,13H2,(H,22,26,28)/b16-12-. The maximum atomic E-state index is 12.8. The van der Waals surface area contributed by atoms with E-state index in [4.69, 9.17) is 13.9 Å². The second kappa shape index (κ2) is 7.71. The highest BCUT2D eigenvalue weighted by molar-refractivity contribution is 6.28. The van der Waals surface area contributed by atoms with Crippen LogP contribution in [-0.2, 0) is 16.1 Å². The molecule has 0 saturated carbocycles. The summed E-state index contributed by atoms with van der Waals surface area (Å²) < 4.78 is 16.0. The molecule has 10 nitrogen and oxygen atoms in total. The minimum Gasteiger partial charge on any atom is -0.467 e. The lowest BCUT2D eigenvalue weighted by molar-refractivity contribution is -0.130. The Hall–Kier alpha value is -3.95. The molecule has 160 valence electrons. The number of piperazine rings is 1. The molecule has 0 bridgehead atoms. The number of carbonyl (C=O) groups excluding carboxylic acids is 3. The molecule has 0 radical (unpaired) electrons. The quantitative estimate of drug-likeness (QED) is 0.579. The predicted molar refractivity (Wildman–Crippen MR) is 107 cm³/mol. The third-order valence-electron chi connectivity index (χ3n) is 5.43. The average molecular weight is 424 g/mol. The first-order chi connectivity index (χ1) is 15.1. The van der Waals surface area contributed by atoms with Crippen LogP contribution in [0.1, 0.15) is 5.76 Å². The summed E-state index contributed by atoms with van der Waals surface area (Å²) >= 11 is 0. The summed E-state index contributed by atoms with van der Waals surface area (Å²) in [6, 6.07) is 8.40. The molecule has 31 heavy (non-hydrogen) atoms. The van der Waals surface area contributed by atoms with Crippen molar-refractivity contribution < 1.29 is 28.3 Å². The zero-order valence-corrected chi connectivity index (χ0v) is 16.6. The molecule has 2 saturated heterocycles. The van der Waals surface area contributed by atoms with Gasteiger partial charge in [0, 0.05) is 44.1 Å². The molecule has 0 aliphatic carbocycles. The first kappa shape index (κ1) is 19.0. The van der Waals surface area contributed by atoms with Crippen LogP contribution in [0.3, 0.4) is 0 Å². The molecule has 1 N–H and O–H groups in total. The highest BCUT2D eigenvalue weighted by Crippen LogP contribution is 2.35. The van der Waals surface area contributed by atoms with Crippen molar-refractivity contribution in [1.82, 2.24) is 15.1 Å². The Kier molecular flexibility index (Phi) is 4.73. The van der Waals surface area contributed by atoms with Crippen molar-refractivity contribution in [3.05, 3.63) is 54.1 Å². The number of barbiturate groups is 1. The lowest BCUT2D eigenvalue weighted by atomic mass is 10.1. The van der Waals surface area contributed by atoms with Gasteiger partial charge >= 0.3 is 6.03 Å². The normalized spacial score (nSPS) is 19.9. The van der Waals surface area contributed by atoms with Crippen LogP contribution in [0.15, 0.2) is 52.8 Å². The Bertz CT molecular complexity index is 1060. The van der Waals surface area contributed by atoms with Crippen molar-refractivity contribution >= 4 is 23.5 Å². The van der Waals surface area contributed by atoms with Gasteiger partial charge in [-0.25, -0.2) is 4.79 Å². The molecule has 1 aromatic carbocycles. The van der Waals surface area contributed by atoms with E-state index in [0.717, 1.165) is 22.1 Å². The molecular weight excluding hydrogens is 404 g/mol. The van der Waals surface area contributed by atoms with Crippen molar-refractivity contribution in [2.24, 2.45) is 0 Å². The molecule has 10 heteroatoms. The summed E-state index contributed by atoms with van der Waals surface area (Å²) in [6.07, 6.45) is 3.00. The molecular formula is C21H20N4O6. The Morgan fingerprint density at radius 1 is 1.00 bits per heavy atom. The Labute approximate surface area is 177 Å². The van der Waals surface area contributed by atoms with E-state index < -0.39 is 17.8 Å². The molecule has 4 amide bonds. The monoisotopic (exact) mass is 424 g/mol. The molecule has 3 aliphatic rings. The number of amides is 4. The maximum Gasteiger partial charge on any atom is 0.331 e. The largest absolute Gasteiger partial charge is 0.467 e. The van der Waals surface area contributed by atoms with Crippen molar-refractivity contribution in [2.45, 2.75) is 6.54 Å². The zero-order valence-electron chi connectivity index (χ0n) is 16.6. The summed E-state index contributed by atoms with van der Waals surface area (Å²) in [6.45, 7) is 2.83. The van der Waals surface area contributed by atoms with Crippen LogP contribution in [-0.4, -0.2) is 60.6 Å². The van der Waals surface area contributed by atoms with Gasteiger partial charge in [0.05, 0.1) is 12.8 Å². The van der Waals surface area contributed by atoms with Crippen LogP contribution in [0.2, 0.25) is 0 Å². The van der Waals surface area contributed by atoms with Gasteiger partial charge in [0.15, 0.2) is 11.5 Å². The van der Waals surface area contributed by atoms with E-state index in [9.17, 15) is 14.4 Å². The number of nitrogens with zero attached hydrogens (tertiary/aromatic N) is 3. The Balaban J connectivity index is 1.26. The van der Waals surface area contributed by atoms with Crippen LogP contribution in [0.5, 0.6) is 11.5 Å². The summed E-state index contributed by atoms with van der Waals surface area (Å²) in [7, 11) is 0. The van der Waals surface area contributed by atoms with E-state index >= 15 is 0 Å². The number of nitrogens with one attached hydrogen (secondary N) is 1. The number of carbonyl (C=O) groups is 3.